The summed E-state index contributed by atoms with van der Waals surface area (Å²) in [7, 11) is 2.00. The van der Waals surface area contributed by atoms with Gasteiger partial charge in [0.1, 0.15) is 0 Å². The standard InChI is InChI=1S/C8H17NO/c1-4-5-6-9(3)7-8(2)10/h4,8,10H,1,5-7H2,2-3H3/t8-/m1/s1. The van der Waals surface area contributed by atoms with Gasteiger partial charge in [-0.2, -0.15) is 0 Å². The van der Waals surface area contributed by atoms with Crippen LogP contribution in [-0.4, -0.2) is 36.2 Å². The molecule has 1 atom stereocenters. The predicted molar refractivity (Wildman–Crippen MR) is 44.0 cm³/mol. The third kappa shape index (κ3) is 5.79. The zero-order valence-electron chi connectivity index (χ0n) is 6.88. The molecule has 0 aliphatic heterocycles. The minimum atomic E-state index is -0.227. The summed E-state index contributed by atoms with van der Waals surface area (Å²) in [6.07, 6.45) is 2.65. The molecule has 0 saturated heterocycles. The van der Waals surface area contributed by atoms with Gasteiger partial charge in [0.15, 0.2) is 0 Å². The maximum Gasteiger partial charge on any atom is 0.0638 e. The Morgan fingerprint density at radius 1 is 1.70 bits per heavy atom. The number of rotatable bonds is 5. The fraction of sp³-hybridized carbons (Fsp3) is 0.750. The molecule has 0 aromatic heterocycles. The largest absolute Gasteiger partial charge is 0.392 e. The Morgan fingerprint density at radius 3 is 2.70 bits per heavy atom. The summed E-state index contributed by atoms with van der Waals surface area (Å²) in [6.45, 7) is 7.14. The molecule has 0 heterocycles. The van der Waals surface area contributed by atoms with E-state index in [4.69, 9.17) is 5.11 Å². The second kappa shape index (κ2) is 5.45. The van der Waals surface area contributed by atoms with Crippen molar-refractivity contribution in [2.24, 2.45) is 0 Å². The van der Waals surface area contributed by atoms with Gasteiger partial charge in [0.25, 0.3) is 0 Å². The highest BCUT2D eigenvalue weighted by atomic mass is 16.3. The molecule has 60 valence electrons. The second-order valence-electron chi connectivity index (χ2n) is 2.69. The molecule has 0 radical (unpaired) electrons. The van der Waals surface area contributed by atoms with Crippen molar-refractivity contribution in [1.82, 2.24) is 4.90 Å². The monoisotopic (exact) mass is 143 g/mol. The van der Waals surface area contributed by atoms with Crippen LogP contribution >= 0.6 is 0 Å². The molecule has 0 aromatic carbocycles. The van der Waals surface area contributed by atoms with Crippen LogP contribution in [0.25, 0.3) is 0 Å². The van der Waals surface area contributed by atoms with E-state index in [0.29, 0.717) is 0 Å². The van der Waals surface area contributed by atoms with E-state index in [1.165, 1.54) is 0 Å². The van der Waals surface area contributed by atoms with Gasteiger partial charge in [0, 0.05) is 13.1 Å². The fourth-order valence-corrected chi connectivity index (χ4v) is 0.854. The number of aliphatic hydroxyl groups is 1. The summed E-state index contributed by atoms with van der Waals surface area (Å²) >= 11 is 0. The molecule has 0 amide bonds. The lowest BCUT2D eigenvalue weighted by Gasteiger charge is -2.16. The predicted octanol–water partition coefficient (Wildman–Crippen LogP) is 0.875. The third-order valence-corrected chi connectivity index (χ3v) is 1.29. The molecular weight excluding hydrogens is 126 g/mol. The lowest BCUT2D eigenvalue weighted by atomic mass is 10.3. The Hall–Kier alpha value is -0.340. The minimum Gasteiger partial charge on any atom is -0.392 e. The number of hydrogen-bond donors (Lipinski definition) is 1. The molecule has 10 heavy (non-hydrogen) atoms. The quantitative estimate of drug-likeness (QED) is 0.577. The molecule has 0 unspecified atom stereocenters. The third-order valence-electron chi connectivity index (χ3n) is 1.29. The first kappa shape index (κ1) is 9.66. The van der Waals surface area contributed by atoms with Crippen molar-refractivity contribution >= 4 is 0 Å². The Morgan fingerprint density at radius 2 is 2.30 bits per heavy atom. The Bertz CT molecular complexity index is 91.3. The molecule has 1 N–H and O–H groups in total. The first-order chi connectivity index (χ1) is 4.66. The molecule has 0 fully saturated rings. The van der Waals surface area contributed by atoms with Crippen molar-refractivity contribution < 1.29 is 5.11 Å². The van der Waals surface area contributed by atoms with Crippen LogP contribution in [0, 0.1) is 0 Å². The average Bonchev–Trinajstić information content (AvgIpc) is 1.82. The maximum atomic E-state index is 8.95. The number of nitrogens with zero attached hydrogens (tertiary/aromatic N) is 1. The molecule has 0 spiro atoms. The van der Waals surface area contributed by atoms with Crippen LogP contribution in [0.4, 0.5) is 0 Å². The van der Waals surface area contributed by atoms with Gasteiger partial charge in [-0.05, 0) is 20.4 Å². The lowest BCUT2D eigenvalue weighted by Crippen LogP contribution is -2.27. The molecule has 0 aliphatic rings. The van der Waals surface area contributed by atoms with Crippen LogP contribution in [0.2, 0.25) is 0 Å². The van der Waals surface area contributed by atoms with E-state index in [-0.39, 0.29) is 6.10 Å². The van der Waals surface area contributed by atoms with Crippen LogP contribution in [-0.2, 0) is 0 Å². The van der Waals surface area contributed by atoms with Crippen molar-refractivity contribution in [2.45, 2.75) is 19.4 Å². The van der Waals surface area contributed by atoms with Gasteiger partial charge in [-0.15, -0.1) is 6.58 Å². The summed E-state index contributed by atoms with van der Waals surface area (Å²) in [5, 5.41) is 8.95. The van der Waals surface area contributed by atoms with E-state index in [1.807, 2.05) is 13.1 Å². The van der Waals surface area contributed by atoms with E-state index in [2.05, 4.69) is 11.5 Å². The first-order valence-electron chi connectivity index (χ1n) is 3.64. The highest BCUT2D eigenvalue weighted by Gasteiger charge is 1.99. The second-order valence-corrected chi connectivity index (χ2v) is 2.69. The molecule has 0 aromatic rings. The normalized spacial score (nSPS) is 13.6. The van der Waals surface area contributed by atoms with Gasteiger partial charge < -0.3 is 10.0 Å². The maximum absolute atomic E-state index is 8.95. The minimum absolute atomic E-state index is 0.227. The SMILES string of the molecule is C=CCCN(C)C[C@@H](C)O. The molecule has 0 aliphatic carbocycles. The van der Waals surface area contributed by atoms with Gasteiger partial charge >= 0.3 is 0 Å². The molecule has 0 saturated carbocycles. The molecular formula is C8H17NO. The molecule has 2 nitrogen and oxygen atoms in total. The van der Waals surface area contributed by atoms with Crippen LogP contribution in [0.5, 0.6) is 0 Å². The smallest absolute Gasteiger partial charge is 0.0638 e. The van der Waals surface area contributed by atoms with E-state index in [0.717, 1.165) is 19.5 Å². The fourth-order valence-electron chi connectivity index (χ4n) is 0.854. The first-order valence-corrected chi connectivity index (χ1v) is 3.64. The van der Waals surface area contributed by atoms with Crippen LogP contribution < -0.4 is 0 Å². The number of likely N-dealkylation sites (N-methyl/N-ethyl adjacent to an activating group) is 1. The number of hydrogen-bond acceptors (Lipinski definition) is 2. The Balaban J connectivity index is 3.24. The van der Waals surface area contributed by atoms with E-state index in [9.17, 15) is 0 Å². The van der Waals surface area contributed by atoms with Crippen molar-refractivity contribution in [2.75, 3.05) is 20.1 Å². The van der Waals surface area contributed by atoms with E-state index in [1.54, 1.807) is 6.92 Å². The van der Waals surface area contributed by atoms with Crippen molar-refractivity contribution in [3.05, 3.63) is 12.7 Å². The molecule has 0 rings (SSSR count). The van der Waals surface area contributed by atoms with Gasteiger partial charge in [0.05, 0.1) is 6.10 Å². The van der Waals surface area contributed by atoms with Gasteiger partial charge in [-0.3, -0.25) is 0 Å². The Kier molecular flexibility index (Phi) is 5.26. The highest BCUT2D eigenvalue weighted by Crippen LogP contribution is 1.90. The van der Waals surface area contributed by atoms with Crippen molar-refractivity contribution in [3.63, 3.8) is 0 Å². The summed E-state index contributed by atoms with van der Waals surface area (Å²) in [4.78, 5) is 2.09. The molecule has 0 bridgehead atoms. The average molecular weight is 143 g/mol. The summed E-state index contributed by atoms with van der Waals surface area (Å²) < 4.78 is 0. The van der Waals surface area contributed by atoms with E-state index >= 15 is 0 Å². The topological polar surface area (TPSA) is 23.5 Å². The number of aliphatic hydroxyl groups excluding tert-OH is 1. The van der Waals surface area contributed by atoms with Crippen LogP contribution in [0.1, 0.15) is 13.3 Å². The zero-order valence-corrected chi connectivity index (χ0v) is 6.88. The van der Waals surface area contributed by atoms with Crippen LogP contribution in [0.15, 0.2) is 12.7 Å². The van der Waals surface area contributed by atoms with Gasteiger partial charge in [-0.25, -0.2) is 0 Å². The van der Waals surface area contributed by atoms with Crippen LogP contribution in [0.3, 0.4) is 0 Å². The van der Waals surface area contributed by atoms with Gasteiger partial charge in [0.2, 0.25) is 0 Å². The summed E-state index contributed by atoms with van der Waals surface area (Å²) in [6, 6.07) is 0. The highest BCUT2D eigenvalue weighted by molar-refractivity contribution is 4.68. The van der Waals surface area contributed by atoms with Gasteiger partial charge in [-0.1, -0.05) is 6.08 Å². The molecule has 2 heteroatoms. The van der Waals surface area contributed by atoms with E-state index < -0.39 is 0 Å². The summed E-state index contributed by atoms with van der Waals surface area (Å²) in [5.41, 5.74) is 0. The van der Waals surface area contributed by atoms with Crippen molar-refractivity contribution in [1.29, 1.82) is 0 Å². The lowest BCUT2D eigenvalue weighted by molar-refractivity contribution is 0.142. The van der Waals surface area contributed by atoms with Crippen molar-refractivity contribution in [3.8, 4) is 0 Å². The summed E-state index contributed by atoms with van der Waals surface area (Å²) in [5.74, 6) is 0. The zero-order chi connectivity index (χ0) is 7.98. The Labute approximate surface area is 63.2 Å².